The molecule has 1 nitrogen and oxygen atoms in total. The van der Waals surface area contributed by atoms with E-state index in [2.05, 4.69) is 133 Å². The van der Waals surface area contributed by atoms with Gasteiger partial charge < -0.3 is 4.90 Å². The van der Waals surface area contributed by atoms with Crippen LogP contribution in [0.1, 0.15) is 0 Å². The van der Waals surface area contributed by atoms with E-state index < -0.39 is 0 Å². The van der Waals surface area contributed by atoms with Crippen molar-refractivity contribution in [3.63, 3.8) is 0 Å². The zero-order valence-corrected chi connectivity index (χ0v) is 17.0. The molecule has 0 heterocycles. The van der Waals surface area contributed by atoms with Crippen molar-refractivity contribution in [3.05, 3.63) is 121 Å². The molecule has 0 aliphatic rings. The van der Waals surface area contributed by atoms with Gasteiger partial charge >= 0.3 is 0 Å². The van der Waals surface area contributed by atoms with Crippen molar-refractivity contribution in [1.82, 2.24) is 0 Å². The predicted molar refractivity (Wildman–Crippen MR) is 129 cm³/mol. The van der Waals surface area contributed by atoms with Gasteiger partial charge in [0.05, 0.1) is 0 Å². The summed E-state index contributed by atoms with van der Waals surface area (Å²) in [6.45, 7) is 0. The van der Waals surface area contributed by atoms with E-state index in [4.69, 9.17) is 0 Å². The number of nitrogens with zero attached hydrogens (tertiary/aromatic N) is 1. The van der Waals surface area contributed by atoms with Gasteiger partial charge in [0.2, 0.25) is 0 Å². The molecule has 0 N–H and O–H groups in total. The lowest BCUT2D eigenvalue weighted by Crippen LogP contribution is -2.10. The Morgan fingerprint density at radius 2 is 1.17 bits per heavy atom. The summed E-state index contributed by atoms with van der Waals surface area (Å²) in [6, 6.07) is 43.1. The summed E-state index contributed by atoms with van der Waals surface area (Å²) in [5, 5.41) is 2.53. The first-order chi connectivity index (χ1) is 14.8. The molecular weight excluding hydrogens is 362 g/mol. The molecule has 1 heteroatoms. The number of benzene rings is 5. The van der Waals surface area contributed by atoms with Gasteiger partial charge in [0.15, 0.2) is 0 Å². The fourth-order valence-corrected chi connectivity index (χ4v) is 4.03. The summed E-state index contributed by atoms with van der Waals surface area (Å²) in [5.41, 5.74) is 7.28. The number of anilines is 2. The summed E-state index contributed by atoms with van der Waals surface area (Å²) in [7, 11) is 2.14. The molecule has 5 aromatic carbocycles. The minimum absolute atomic E-state index is 1.17. The maximum Gasteiger partial charge on any atom is 0.0487 e. The topological polar surface area (TPSA) is 3.24 Å². The molecule has 0 unspecified atom stereocenters. The van der Waals surface area contributed by atoms with E-state index in [9.17, 15) is 0 Å². The number of para-hydroxylation sites is 1. The van der Waals surface area contributed by atoms with E-state index >= 15 is 0 Å². The fraction of sp³-hybridized carbons (Fsp3) is 0.0345. The number of fused-ring (bicyclic) bond motifs is 1. The van der Waals surface area contributed by atoms with Gasteiger partial charge in [0.25, 0.3) is 0 Å². The standard InChI is InChI=1S/C29H23N/c1-30(27-15-9-14-25(21-27)22-10-3-2-4-11-22)29-17-8-7-16-28(29)26-19-18-23-12-5-6-13-24(23)20-26/h2-21H,1H3. The molecule has 0 fully saturated rings. The summed E-state index contributed by atoms with van der Waals surface area (Å²) in [5.74, 6) is 0. The molecule has 0 aliphatic heterocycles. The Hall–Kier alpha value is -3.84. The maximum absolute atomic E-state index is 2.28. The molecule has 5 rings (SSSR count). The second-order valence-electron chi connectivity index (χ2n) is 7.55. The average molecular weight is 386 g/mol. The molecule has 5 aromatic rings. The second-order valence-corrected chi connectivity index (χ2v) is 7.55. The van der Waals surface area contributed by atoms with E-state index in [1.54, 1.807) is 0 Å². The second kappa shape index (κ2) is 7.88. The number of rotatable bonds is 4. The number of hydrogen-bond donors (Lipinski definition) is 0. The van der Waals surface area contributed by atoms with Gasteiger partial charge in [-0.3, -0.25) is 0 Å². The van der Waals surface area contributed by atoms with Gasteiger partial charge in [-0.15, -0.1) is 0 Å². The van der Waals surface area contributed by atoms with Gasteiger partial charge in [-0.1, -0.05) is 97.1 Å². The molecule has 0 bridgehead atoms. The lowest BCUT2D eigenvalue weighted by Gasteiger charge is -2.23. The van der Waals surface area contributed by atoms with Crippen LogP contribution < -0.4 is 4.90 Å². The Labute approximate surface area is 177 Å². The third kappa shape index (κ3) is 3.46. The minimum Gasteiger partial charge on any atom is -0.344 e. The van der Waals surface area contributed by atoms with E-state index in [0.717, 1.165) is 0 Å². The number of hydrogen-bond acceptors (Lipinski definition) is 1. The summed E-state index contributed by atoms with van der Waals surface area (Å²) in [6.07, 6.45) is 0. The molecule has 0 aromatic heterocycles. The molecule has 0 amide bonds. The summed E-state index contributed by atoms with van der Waals surface area (Å²) < 4.78 is 0. The molecule has 0 saturated heterocycles. The third-order valence-corrected chi connectivity index (χ3v) is 5.67. The highest BCUT2D eigenvalue weighted by atomic mass is 15.1. The predicted octanol–water partition coefficient (Wildman–Crippen LogP) is 7.94. The molecule has 0 atom stereocenters. The van der Waals surface area contributed by atoms with E-state index in [1.165, 1.54) is 44.4 Å². The van der Waals surface area contributed by atoms with Crippen LogP contribution in [0.2, 0.25) is 0 Å². The molecule has 0 aliphatic carbocycles. The van der Waals surface area contributed by atoms with Gasteiger partial charge in [0.1, 0.15) is 0 Å². The van der Waals surface area contributed by atoms with Gasteiger partial charge in [0, 0.05) is 24.0 Å². The molecular formula is C29H23N. The van der Waals surface area contributed by atoms with Crippen molar-refractivity contribution in [2.45, 2.75) is 0 Å². The minimum atomic E-state index is 1.17. The van der Waals surface area contributed by atoms with Gasteiger partial charge in [-0.05, 0) is 51.7 Å². The highest BCUT2D eigenvalue weighted by Gasteiger charge is 2.12. The molecule has 0 spiro atoms. The van der Waals surface area contributed by atoms with Crippen LogP contribution >= 0.6 is 0 Å². The van der Waals surface area contributed by atoms with Gasteiger partial charge in [-0.25, -0.2) is 0 Å². The average Bonchev–Trinajstić information content (AvgIpc) is 2.84. The molecule has 0 radical (unpaired) electrons. The van der Waals surface area contributed by atoms with Crippen LogP contribution in [-0.2, 0) is 0 Å². The summed E-state index contributed by atoms with van der Waals surface area (Å²) >= 11 is 0. The van der Waals surface area contributed by atoms with Crippen molar-refractivity contribution < 1.29 is 0 Å². The van der Waals surface area contributed by atoms with Crippen LogP contribution in [0.5, 0.6) is 0 Å². The van der Waals surface area contributed by atoms with Crippen LogP contribution in [0, 0.1) is 0 Å². The smallest absolute Gasteiger partial charge is 0.0487 e. The van der Waals surface area contributed by atoms with Crippen LogP contribution in [0.4, 0.5) is 11.4 Å². The first-order valence-electron chi connectivity index (χ1n) is 10.3. The molecule has 30 heavy (non-hydrogen) atoms. The highest BCUT2D eigenvalue weighted by Crippen LogP contribution is 2.36. The highest BCUT2D eigenvalue weighted by molar-refractivity contribution is 5.91. The summed E-state index contributed by atoms with van der Waals surface area (Å²) in [4.78, 5) is 2.27. The largest absolute Gasteiger partial charge is 0.344 e. The first-order valence-corrected chi connectivity index (χ1v) is 10.3. The van der Waals surface area contributed by atoms with Crippen molar-refractivity contribution in [2.24, 2.45) is 0 Å². The molecule has 0 saturated carbocycles. The Morgan fingerprint density at radius 1 is 0.467 bits per heavy atom. The zero-order valence-electron chi connectivity index (χ0n) is 17.0. The Balaban J connectivity index is 1.57. The van der Waals surface area contributed by atoms with E-state index in [0.29, 0.717) is 0 Å². The lowest BCUT2D eigenvalue weighted by molar-refractivity contribution is 1.21. The van der Waals surface area contributed by atoms with E-state index in [-0.39, 0.29) is 0 Å². The van der Waals surface area contributed by atoms with Crippen LogP contribution in [-0.4, -0.2) is 7.05 Å². The fourth-order valence-electron chi connectivity index (χ4n) is 4.03. The monoisotopic (exact) mass is 385 g/mol. The SMILES string of the molecule is CN(c1cccc(-c2ccccc2)c1)c1ccccc1-c1ccc2ccccc2c1. The Kier molecular flexibility index (Phi) is 4.78. The maximum atomic E-state index is 2.28. The van der Waals surface area contributed by atoms with E-state index in [1.807, 2.05) is 0 Å². The van der Waals surface area contributed by atoms with Crippen molar-refractivity contribution in [3.8, 4) is 22.3 Å². The van der Waals surface area contributed by atoms with Crippen LogP contribution in [0.3, 0.4) is 0 Å². The Bertz CT molecular complexity index is 1300. The third-order valence-electron chi connectivity index (χ3n) is 5.67. The molecule has 144 valence electrons. The quantitative estimate of drug-likeness (QED) is 0.303. The van der Waals surface area contributed by atoms with Crippen LogP contribution in [0.25, 0.3) is 33.0 Å². The van der Waals surface area contributed by atoms with Crippen molar-refractivity contribution >= 4 is 22.1 Å². The van der Waals surface area contributed by atoms with Crippen molar-refractivity contribution in [1.29, 1.82) is 0 Å². The zero-order chi connectivity index (χ0) is 20.3. The lowest BCUT2D eigenvalue weighted by atomic mass is 9.99. The normalized spacial score (nSPS) is 10.8. The first kappa shape index (κ1) is 18.2. The Morgan fingerprint density at radius 3 is 2.03 bits per heavy atom. The van der Waals surface area contributed by atoms with Crippen LogP contribution in [0.15, 0.2) is 121 Å². The van der Waals surface area contributed by atoms with Crippen molar-refractivity contribution in [2.75, 3.05) is 11.9 Å². The van der Waals surface area contributed by atoms with Gasteiger partial charge in [-0.2, -0.15) is 0 Å².